The van der Waals surface area contributed by atoms with Gasteiger partial charge in [-0.15, -0.1) is 0 Å². The molecule has 1 aliphatic carbocycles. The van der Waals surface area contributed by atoms with E-state index in [0.717, 1.165) is 19.3 Å². The van der Waals surface area contributed by atoms with Crippen LogP contribution in [0.3, 0.4) is 0 Å². The number of nitrogens with zero attached hydrogens (tertiary/aromatic N) is 3. The second-order valence-corrected chi connectivity index (χ2v) is 8.76. The third kappa shape index (κ3) is 5.18. The van der Waals surface area contributed by atoms with Gasteiger partial charge >= 0.3 is 0 Å². The standard InChI is InChI=1S/C24H25ClFN3O2/c25-17-7-9-19(27-14-17)13-23(30)22(11-6-16-4-2-1-3-5-16)29-15-28-21-10-8-18(26)12-20(21)24(29)31/h7-10,12,14-16,22H,1-6,11,13H2/t22-/m0/s1. The Morgan fingerprint density at radius 2 is 1.97 bits per heavy atom. The Morgan fingerprint density at radius 1 is 1.16 bits per heavy atom. The van der Waals surface area contributed by atoms with Crippen LogP contribution in [-0.4, -0.2) is 20.3 Å². The zero-order valence-electron chi connectivity index (χ0n) is 17.3. The number of pyridine rings is 1. The van der Waals surface area contributed by atoms with E-state index in [1.54, 1.807) is 12.1 Å². The first kappa shape index (κ1) is 21.6. The van der Waals surface area contributed by atoms with E-state index in [9.17, 15) is 14.0 Å². The van der Waals surface area contributed by atoms with Gasteiger partial charge in [-0.3, -0.25) is 19.1 Å². The SMILES string of the molecule is O=C(Cc1ccc(Cl)cn1)[C@H](CCC1CCCCC1)n1cnc2ccc(F)cc2c1=O. The van der Waals surface area contributed by atoms with Crippen molar-refractivity contribution >= 4 is 28.3 Å². The Labute approximate surface area is 185 Å². The minimum absolute atomic E-state index is 0.0974. The summed E-state index contributed by atoms with van der Waals surface area (Å²) in [5.41, 5.74) is 0.626. The fourth-order valence-electron chi connectivity index (χ4n) is 4.46. The van der Waals surface area contributed by atoms with Gasteiger partial charge in [0, 0.05) is 11.9 Å². The molecule has 5 nitrogen and oxygen atoms in total. The molecule has 7 heteroatoms. The predicted molar refractivity (Wildman–Crippen MR) is 119 cm³/mol. The van der Waals surface area contributed by atoms with Gasteiger partial charge in [-0.05, 0) is 49.1 Å². The summed E-state index contributed by atoms with van der Waals surface area (Å²) in [4.78, 5) is 35.0. The van der Waals surface area contributed by atoms with E-state index in [2.05, 4.69) is 9.97 Å². The fourth-order valence-corrected chi connectivity index (χ4v) is 4.57. The largest absolute Gasteiger partial charge is 0.297 e. The van der Waals surface area contributed by atoms with Crippen molar-refractivity contribution in [3.63, 3.8) is 0 Å². The lowest BCUT2D eigenvalue weighted by Crippen LogP contribution is -2.32. The average molecular weight is 442 g/mol. The van der Waals surface area contributed by atoms with Crippen LogP contribution in [0.25, 0.3) is 10.9 Å². The van der Waals surface area contributed by atoms with E-state index in [1.807, 2.05) is 0 Å². The molecule has 2 aromatic heterocycles. The number of fused-ring (bicyclic) bond motifs is 1. The molecule has 0 unspecified atom stereocenters. The summed E-state index contributed by atoms with van der Waals surface area (Å²) in [6.45, 7) is 0. The minimum atomic E-state index is -0.660. The first-order valence-corrected chi connectivity index (χ1v) is 11.2. The van der Waals surface area contributed by atoms with Crippen molar-refractivity contribution < 1.29 is 9.18 Å². The molecule has 4 rings (SSSR count). The highest BCUT2D eigenvalue weighted by Gasteiger charge is 2.25. The number of carbonyl (C=O) groups is 1. The topological polar surface area (TPSA) is 64.8 Å². The molecule has 0 bridgehead atoms. The van der Waals surface area contributed by atoms with E-state index < -0.39 is 17.4 Å². The molecule has 0 radical (unpaired) electrons. The highest BCUT2D eigenvalue weighted by Crippen LogP contribution is 2.30. The van der Waals surface area contributed by atoms with E-state index in [4.69, 9.17) is 11.6 Å². The summed E-state index contributed by atoms with van der Waals surface area (Å²) < 4.78 is 15.1. The van der Waals surface area contributed by atoms with Gasteiger partial charge in [0.1, 0.15) is 5.82 Å². The maximum absolute atomic E-state index is 13.8. The first-order chi connectivity index (χ1) is 15.0. The van der Waals surface area contributed by atoms with Crippen molar-refractivity contribution in [3.05, 3.63) is 69.7 Å². The smallest absolute Gasteiger partial charge is 0.261 e. The molecule has 0 amide bonds. The van der Waals surface area contributed by atoms with E-state index in [-0.39, 0.29) is 17.6 Å². The van der Waals surface area contributed by atoms with E-state index in [1.165, 1.54) is 54.6 Å². The van der Waals surface area contributed by atoms with Gasteiger partial charge in [0.15, 0.2) is 5.78 Å². The number of hydrogen-bond donors (Lipinski definition) is 0. The number of aromatic nitrogens is 3. The van der Waals surface area contributed by atoms with Crippen LogP contribution in [-0.2, 0) is 11.2 Å². The van der Waals surface area contributed by atoms with Crippen LogP contribution in [0.4, 0.5) is 4.39 Å². The van der Waals surface area contributed by atoms with Crippen molar-refractivity contribution in [2.45, 2.75) is 57.4 Å². The van der Waals surface area contributed by atoms with Crippen LogP contribution < -0.4 is 5.56 Å². The zero-order chi connectivity index (χ0) is 21.8. The number of hydrogen-bond acceptors (Lipinski definition) is 4. The van der Waals surface area contributed by atoms with Crippen LogP contribution in [0.15, 0.2) is 47.7 Å². The van der Waals surface area contributed by atoms with Gasteiger partial charge in [-0.1, -0.05) is 43.7 Å². The van der Waals surface area contributed by atoms with Crippen molar-refractivity contribution in [1.29, 1.82) is 0 Å². The quantitative estimate of drug-likeness (QED) is 0.499. The molecular weight excluding hydrogens is 417 g/mol. The highest BCUT2D eigenvalue weighted by molar-refractivity contribution is 6.30. The van der Waals surface area contributed by atoms with Gasteiger partial charge in [-0.2, -0.15) is 0 Å². The molecule has 3 aromatic rings. The summed E-state index contributed by atoms with van der Waals surface area (Å²) in [6.07, 6.45) is 10.5. The molecule has 2 heterocycles. The third-order valence-electron chi connectivity index (χ3n) is 6.17. The molecule has 1 aliphatic rings. The Balaban J connectivity index is 1.64. The summed E-state index contributed by atoms with van der Waals surface area (Å²) in [5.74, 6) is -0.0378. The molecule has 0 aliphatic heterocycles. The third-order valence-corrected chi connectivity index (χ3v) is 6.39. The lowest BCUT2D eigenvalue weighted by Gasteiger charge is -2.25. The summed E-state index contributed by atoms with van der Waals surface area (Å²) in [7, 11) is 0. The van der Waals surface area contributed by atoms with Gasteiger partial charge in [0.2, 0.25) is 0 Å². The number of benzene rings is 1. The number of halogens is 2. The maximum Gasteiger partial charge on any atom is 0.261 e. The van der Waals surface area contributed by atoms with Crippen molar-refractivity contribution in [1.82, 2.24) is 14.5 Å². The lowest BCUT2D eigenvalue weighted by atomic mass is 9.84. The lowest BCUT2D eigenvalue weighted by molar-refractivity contribution is -0.122. The number of Topliss-reactive ketones (excluding diaryl/α,β-unsaturated/α-hetero) is 1. The van der Waals surface area contributed by atoms with Gasteiger partial charge in [0.05, 0.1) is 34.7 Å². The second kappa shape index (κ2) is 9.69. The molecule has 31 heavy (non-hydrogen) atoms. The monoisotopic (exact) mass is 441 g/mol. The van der Waals surface area contributed by atoms with Gasteiger partial charge < -0.3 is 0 Å². The van der Waals surface area contributed by atoms with Crippen LogP contribution in [0, 0.1) is 11.7 Å². The van der Waals surface area contributed by atoms with Crippen molar-refractivity contribution in [3.8, 4) is 0 Å². The average Bonchev–Trinajstić information content (AvgIpc) is 2.78. The predicted octanol–water partition coefficient (Wildman–Crippen LogP) is 5.30. The van der Waals surface area contributed by atoms with Crippen LogP contribution >= 0.6 is 11.6 Å². The molecule has 0 N–H and O–H groups in total. The van der Waals surface area contributed by atoms with Crippen LogP contribution in [0.2, 0.25) is 5.02 Å². The van der Waals surface area contributed by atoms with Gasteiger partial charge in [0.25, 0.3) is 5.56 Å². The summed E-state index contributed by atoms with van der Waals surface area (Å²) >= 11 is 5.90. The Hall–Kier alpha value is -2.60. The molecular formula is C24H25ClFN3O2. The normalized spacial score (nSPS) is 15.8. The minimum Gasteiger partial charge on any atom is -0.297 e. The molecule has 1 aromatic carbocycles. The molecule has 1 atom stereocenters. The Bertz CT molecular complexity index is 1120. The van der Waals surface area contributed by atoms with E-state index in [0.29, 0.717) is 28.6 Å². The Morgan fingerprint density at radius 3 is 2.71 bits per heavy atom. The number of ketones is 1. The molecule has 1 saturated carbocycles. The van der Waals surface area contributed by atoms with Crippen LogP contribution in [0.5, 0.6) is 0 Å². The summed E-state index contributed by atoms with van der Waals surface area (Å²) in [6, 6.07) is 6.69. The molecule has 1 fully saturated rings. The Kier molecular flexibility index (Phi) is 6.76. The fraction of sp³-hybridized carbons (Fsp3) is 0.417. The highest BCUT2D eigenvalue weighted by atomic mass is 35.5. The maximum atomic E-state index is 13.8. The van der Waals surface area contributed by atoms with Crippen molar-refractivity contribution in [2.75, 3.05) is 0 Å². The van der Waals surface area contributed by atoms with E-state index >= 15 is 0 Å². The van der Waals surface area contributed by atoms with Crippen LogP contribution in [0.1, 0.15) is 56.7 Å². The summed E-state index contributed by atoms with van der Waals surface area (Å²) in [5, 5.41) is 0.685. The first-order valence-electron chi connectivity index (χ1n) is 10.8. The molecule has 0 spiro atoms. The number of carbonyl (C=O) groups excluding carboxylic acids is 1. The molecule has 0 saturated heterocycles. The molecule has 162 valence electrons. The second-order valence-electron chi connectivity index (χ2n) is 8.33. The van der Waals surface area contributed by atoms with Crippen molar-refractivity contribution in [2.24, 2.45) is 5.92 Å². The van der Waals surface area contributed by atoms with Gasteiger partial charge in [-0.25, -0.2) is 9.37 Å². The number of rotatable bonds is 7. The zero-order valence-corrected chi connectivity index (χ0v) is 18.0.